The Bertz CT molecular complexity index is 1570. The van der Waals surface area contributed by atoms with E-state index in [2.05, 4.69) is 15.3 Å². The van der Waals surface area contributed by atoms with Crippen LogP contribution in [0.1, 0.15) is 34.2 Å². The van der Waals surface area contributed by atoms with Crippen LogP contribution in [0.5, 0.6) is 5.75 Å². The molecule has 0 unspecified atom stereocenters. The van der Waals surface area contributed by atoms with E-state index in [9.17, 15) is 32.3 Å². The maximum Gasteiger partial charge on any atom is 0.424 e. The zero-order valence-corrected chi connectivity index (χ0v) is 21.4. The first kappa shape index (κ1) is 28.5. The average molecular weight is 560 g/mol. The monoisotopic (exact) mass is 559 g/mol. The maximum absolute atomic E-state index is 14.5. The van der Waals surface area contributed by atoms with E-state index in [4.69, 9.17) is 10.5 Å². The highest BCUT2D eigenvalue weighted by atomic mass is 19.4. The van der Waals surface area contributed by atoms with Crippen LogP contribution in [0.2, 0.25) is 0 Å². The lowest BCUT2D eigenvalue weighted by Crippen LogP contribution is -2.51. The van der Waals surface area contributed by atoms with Crippen LogP contribution in [-0.2, 0) is 16.8 Å². The number of aryl methyl sites for hydroxylation is 1. The minimum atomic E-state index is -5.33. The van der Waals surface area contributed by atoms with E-state index in [0.717, 1.165) is 23.8 Å². The van der Waals surface area contributed by atoms with Crippen LogP contribution >= 0.6 is 0 Å². The van der Waals surface area contributed by atoms with E-state index in [-0.39, 0.29) is 34.9 Å². The van der Waals surface area contributed by atoms with Gasteiger partial charge in [-0.05, 0) is 55.8 Å². The zero-order chi connectivity index (χ0) is 29.2. The largest absolute Gasteiger partial charge is 0.491 e. The quantitative estimate of drug-likeness (QED) is 0.269. The van der Waals surface area contributed by atoms with Crippen molar-refractivity contribution in [1.82, 2.24) is 19.7 Å². The number of pyridine rings is 2. The Labute approximate surface area is 225 Å². The second-order valence-electron chi connectivity index (χ2n) is 9.02. The standard InChI is InChI=1S/C27H25F4N5O4/c1-3-40-23-17(12-21(32)37)11-20(35-22(23)16-6-8-18(28)9-7-16)26(39,27(29,30)31)14-33-25(38)19-13-36-10-4-5-15(2)24(36)34-19/h4-11,13,39H,3,12,14H2,1-2H3,(H2,32,37)(H,33,38)/t26-/m0/s1. The lowest BCUT2D eigenvalue weighted by Gasteiger charge is -2.31. The Morgan fingerprint density at radius 1 is 1.15 bits per heavy atom. The smallest absolute Gasteiger partial charge is 0.424 e. The molecule has 13 heteroatoms. The van der Waals surface area contributed by atoms with Gasteiger partial charge in [-0.25, -0.2) is 14.4 Å². The zero-order valence-electron chi connectivity index (χ0n) is 21.4. The summed E-state index contributed by atoms with van der Waals surface area (Å²) in [6, 6.07) is 8.99. The third kappa shape index (κ3) is 5.59. The summed E-state index contributed by atoms with van der Waals surface area (Å²) >= 11 is 0. The summed E-state index contributed by atoms with van der Waals surface area (Å²) in [6.45, 7) is 2.09. The van der Waals surface area contributed by atoms with Gasteiger partial charge in [-0.1, -0.05) is 6.07 Å². The van der Waals surface area contributed by atoms with Gasteiger partial charge in [0.25, 0.3) is 5.91 Å². The predicted molar refractivity (Wildman–Crippen MR) is 136 cm³/mol. The fourth-order valence-corrected chi connectivity index (χ4v) is 4.12. The van der Waals surface area contributed by atoms with Crippen LogP contribution in [0.25, 0.3) is 16.9 Å². The molecule has 1 atom stereocenters. The van der Waals surface area contributed by atoms with Crippen molar-refractivity contribution in [2.24, 2.45) is 5.73 Å². The molecule has 0 aliphatic heterocycles. The molecule has 4 aromatic rings. The van der Waals surface area contributed by atoms with Gasteiger partial charge in [-0.15, -0.1) is 0 Å². The van der Waals surface area contributed by atoms with Gasteiger partial charge in [0.15, 0.2) is 0 Å². The van der Waals surface area contributed by atoms with Crippen molar-refractivity contribution in [3.63, 3.8) is 0 Å². The van der Waals surface area contributed by atoms with E-state index >= 15 is 0 Å². The number of amides is 2. The minimum absolute atomic E-state index is 0.0507. The molecule has 1 aromatic carbocycles. The molecule has 0 saturated carbocycles. The Kier molecular flexibility index (Phi) is 7.78. The topological polar surface area (TPSA) is 132 Å². The number of ether oxygens (including phenoxy) is 1. The molecule has 2 amide bonds. The highest BCUT2D eigenvalue weighted by Crippen LogP contribution is 2.42. The lowest BCUT2D eigenvalue weighted by atomic mass is 9.93. The van der Waals surface area contributed by atoms with Gasteiger partial charge >= 0.3 is 6.18 Å². The van der Waals surface area contributed by atoms with Crippen LogP contribution in [0.15, 0.2) is 54.9 Å². The van der Waals surface area contributed by atoms with E-state index in [1.165, 1.54) is 18.3 Å². The third-order valence-corrected chi connectivity index (χ3v) is 6.13. The maximum atomic E-state index is 14.5. The van der Waals surface area contributed by atoms with Crippen molar-refractivity contribution in [1.29, 1.82) is 0 Å². The molecule has 0 aliphatic rings. The first-order chi connectivity index (χ1) is 18.8. The number of hydrogen-bond donors (Lipinski definition) is 3. The molecule has 0 spiro atoms. The number of primary amides is 1. The molecule has 40 heavy (non-hydrogen) atoms. The number of aliphatic hydroxyl groups is 1. The number of halogens is 4. The molecular formula is C27H25F4N5O4. The Balaban J connectivity index is 1.79. The SMILES string of the molecule is CCOc1c(CC(N)=O)cc([C@@](O)(CNC(=O)c2cn3cccc(C)c3n2)C(F)(F)F)nc1-c1ccc(F)cc1. The molecule has 0 aliphatic carbocycles. The second-order valence-corrected chi connectivity index (χ2v) is 9.02. The summed E-state index contributed by atoms with van der Waals surface area (Å²) in [5.41, 5.74) is 1.61. The molecule has 3 heterocycles. The summed E-state index contributed by atoms with van der Waals surface area (Å²) in [5.74, 6) is -2.50. The van der Waals surface area contributed by atoms with Crippen LogP contribution in [0.4, 0.5) is 17.6 Å². The molecular weight excluding hydrogens is 534 g/mol. The number of hydrogen-bond acceptors (Lipinski definition) is 6. The van der Waals surface area contributed by atoms with Crippen molar-refractivity contribution >= 4 is 17.5 Å². The summed E-state index contributed by atoms with van der Waals surface area (Å²) in [4.78, 5) is 32.8. The molecule has 210 valence electrons. The van der Waals surface area contributed by atoms with Gasteiger partial charge in [-0.2, -0.15) is 13.2 Å². The second kappa shape index (κ2) is 10.9. The first-order valence-corrected chi connectivity index (χ1v) is 12.1. The summed E-state index contributed by atoms with van der Waals surface area (Å²) in [6.07, 6.45) is -2.91. The van der Waals surface area contributed by atoms with Crippen molar-refractivity contribution in [3.8, 4) is 17.0 Å². The number of nitrogens with zero attached hydrogens (tertiary/aromatic N) is 3. The van der Waals surface area contributed by atoms with Crippen molar-refractivity contribution < 1.29 is 37.0 Å². The van der Waals surface area contributed by atoms with Gasteiger partial charge in [0.1, 0.15) is 28.6 Å². The summed E-state index contributed by atoms with van der Waals surface area (Å²) < 4.78 is 64.1. The van der Waals surface area contributed by atoms with Crippen LogP contribution in [0.3, 0.4) is 0 Å². The van der Waals surface area contributed by atoms with Gasteiger partial charge in [0, 0.05) is 23.5 Å². The fourth-order valence-electron chi connectivity index (χ4n) is 4.12. The molecule has 9 nitrogen and oxygen atoms in total. The molecule has 0 saturated heterocycles. The lowest BCUT2D eigenvalue weighted by molar-refractivity contribution is -0.265. The number of rotatable bonds is 9. The predicted octanol–water partition coefficient (Wildman–Crippen LogP) is 3.45. The van der Waals surface area contributed by atoms with Gasteiger partial charge < -0.3 is 25.3 Å². The van der Waals surface area contributed by atoms with Crippen LogP contribution in [-0.4, -0.2) is 50.6 Å². The molecule has 0 fully saturated rings. The fraction of sp³-hybridized carbons (Fsp3) is 0.259. The number of alkyl halides is 3. The highest BCUT2D eigenvalue weighted by molar-refractivity contribution is 5.93. The Hall–Kier alpha value is -4.52. The minimum Gasteiger partial charge on any atom is -0.491 e. The first-order valence-electron chi connectivity index (χ1n) is 12.1. The number of nitrogens with one attached hydrogen (secondary N) is 1. The average Bonchev–Trinajstić information content (AvgIpc) is 3.33. The summed E-state index contributed by atoms with van der Waals surface area (Å²) in [7, 11) is 0. The van der Waals surface area contributed by atoms with Crippen LogP contribution in [0, 0.1) is 12.7 Å². The third-order valence-electron chi connectivity index (χ3n) is 6.13. The molecule has 0 bridgehead atoms. The van der Waals surface area contributed by atoms with Crippen molar-refractivity contribution in [2.75, 3.05) is 13.2 Å². The molecule has 4 N–H and O–H groups in total. The Morgan fingerprint density at radius 2 is 1.85 bits per heavy atom. The number of carbonyl (C=O) groups is 2. The number of imidazole rings is 1. The normalized spacial score (nSPS) is 13.2. The van der Waals surface area contributed by atoms with E-state index in [0.29, 0.717) is 5.65 Å². The highest BCUT2D eigenvalue weighted by Gasteiger charge is 2.56. The summed E-state index contributed by atoms with van der Waals surface area (Å²) in [5, 5.41) is 13.1. The van der Waals surface area contributed by atoms with Crippen LogP contribution < -0.4 is 15.8 Å². The molecule has 3 aromatic heterocycles. The van der Waals surface area contributed by atoms with E-state index in [1.54, 1.807) is 36.6 Å². The van der Waals surface area contributed by atoms with Crippen molar-refractivity contribution in [2.45, 2.75) is 32.0 Å². The number of fused-ring (bicyclic) bond motifs is 1. The van der Waals surface area contributed by atoms with Gasteiger partial charge in [-0.3, -0.25) is 9.59 Å². The number of carbonyl (C=O) groups excluding carboxylic acids is 2. The van der Waals surface area contributed by atoms with Crippen molar-refractivity contribution in [3.05, 3.63) is 83.2 Å². The van der Waals surface area contributed by atoms with Gasteiger partial charge in [0.05, 0.1) is 25.3 Å². The van der Waals surface area contributed by atoms with E-state index < -0.39 is 48.1 Å². The van der Waals surface area contributed by atoms with Gasteiger partial charge in [0.2, 0.25) is 11.5 Å². The number of nitrogens with two attached hydrogens (primary N) is 1. The molecule has 0 radical (unpaired) electrons. The molecule has 4 rings (SSSR count). The Morgan fingerprint density at radius 3 is 2.45 bits per heavy atom. The van der Waals surface area contributed by atoms with E-state index in [1.807, 2.05) is 0 Å². The number of benzene rings is 1. The number of aromatic nitrogens is 3.